The summed E-state index contributed by atoms with van der Waals surface area (Å²) in [5.41, 5.74) is 3.57. The number of nitrogens with zero attached hydrogens (tertiary/aromatic N) is 4. The van der Waals surface area contributed by atoms with Crippen LogP contribution >= 0.6 is 11.6 Å². The number of nitrogens with one attached hydrogen (secondary N) is 3. The smallest absolute Gasteiger partial charge is 0.229 e. The van der Waals surface area contributed by atoms with Gasteiger partial charge in [-0.05, 0) is 32.2 Å². The zero-order valence-corrected chi connectivity index (χ0v) is 15.1. The second-order valence-corrected chi connectivity index (χ2v) is 5.99. The lowest BCUT2D eigenvalue weighted by Gasteiger charge is -2.10. The summed E-state index contributed by atoms with van der Waals surface area (Å²) < 4.78 is 1.76. The van der Waals surface area contributed by atoms with Crippen molar-refractivity contribution in [3.05, 3.63) is 52.9 Å². The number of hydrogen-bond donors (Lipinski definition) is 3. The minimum Gasteiger partial charge on any atom is -0.373 e. The van der Waals surface area contributed by atoms with E-state index in [1.165, 1.54) is 0 Å². The van der Waals surface area contributed by atoms with E-state index in [2.05, 4.69) is 31.0 Å². The quantitative estimate of drug-likeness (QED) is 0.629. The highest BCUT2D eigenvalue weighted by molar-refractivity contribution is 6.32. The Bertz CT molecular complexity index is 875. The minimum absolute atomic E-state index is 0.522. The number of aromatic nitrogens is 4. The third kappa shape index (κ3) is 4.07. The fraction of sp³-hybridized carbons (Fsp3) is 0.235. The van der Waals surface area contributed by atoms with Gasteiger partial charge < -0.3 is 16.0 Å². The molecule has 0 aliphatic carbocycles. The number of benzene rings is 1. The highest BCUT2D eigenvalue weighted by Crippen LogP contribution is 2.26. The molecule has 3 aromatic rings. The highest BCUT2D eigenvalue weighted by Gasteiger charge is 2.08. The van der Waals surface area contributed by atoms with Gasteiger partial charge in [-0.25, -0.2) is 9.67 Å². The monoisotopic (exact) mass is 357 g/mol. The molecule has 7 nitrogen and oxygen atoms in total. The third-order valence-corrected chi connectivity index (χ3v) is 3.90. The van der Waals surface area contributed by atoms with Crippen molar-refractivity contribution in [1.82, 2.24) is 25.1 Å². The molecular formula is C17H20ClN7. The lowest BCUT2D eigenvalue weighted by molar-refractivity contribution is 0.816. The van der Waals surface area contributed by atoms with Crippen molar-refractivity contribution >= 4 is 29.1 Å². The summed E-state index contributed by atoms with van der Waals surface area (Å²) in [6.45, 7) is 2.67. The van der Waals surface area contributed by atoms with Gasteiger partial charge in [-0.15, -0.1) is 0 Å². The van der Waals surface area contributed by atoms with Crippen LogP contribution in [0.3, 0.4) is 0 Å². The Balaban J connectivity index is 1.89. The average Bonchev–Trinajstić information content (AvgIpc) is 3.05. The maximum Gasteiger partial charge on any atom is 0.229 e. The van der Waals surface area contributed by atoms with E-state index >= 15 is 0 Å². The second-order valence-electron chi connectivity index (χ2n) is 5.58. The van der Waals surface area contributed by atoms with Crippen LogP contribution in [0.1, 0.15) is 11.3 Å². The van der Waals surface area contributed by atoms with Crippen molar-refractivity contribution in [2.75, 3.05) is 24.7 Å². The first-order valence-corrected chi connectivity index (χ1v) is 8.25. The molecule has 0 aliphatic rings. The molecule has 2 aromatic heterocycles. The number of hydrogen-bond acceptors (Lipinski definition) is 6. The molecule has 2 heterocycles. The molecule has 0 amide bonds. The average molecular weight is 358 g/mol. The van der Waals surface area contributed by atoms with Crippen LogP contribution < -0.4 is 16.0 Å². The lowest BCUT2D eigenvalue weighted by atomic mass is 10.2. The van der Waals surface area contributed by atoms with E-state index in [4.69, 9.17) is 11.6 Å². The van der Waals surface area contributed by atoms with E-state index in [0.29, 0.717) is 11.0 Å². The Labute approximate surface area is 151 Å². The minimum atomic E-state index is 0.522. The molecular weight excluding hydrogens is 338 g/mol. The molecule has 0 saturated heterocycles. The number of halogens is 1. The molecule has 0 fully saturated rings. The zero-order valence-electron chi connectivity index (χ0n) is 14.3. The Kier molecular flexibility index (Phi) is 5.16. The van der Waals surface area contributed by atoms with Crippen molar-refractivity contribution in [3.8, 4) is 5.69 Å². The normalized spacial score (nSPS) is 10.7. The summed E-state index contributed by atoms with van der Waals surface area (Å²) in [6.07, 6.45) is 3.76. The van der Waals surface area contributed by atoms with Crippen LogP contribution in [0.5, 0.6) is 0 Å². The first kappa shape index (κ1) is 17.2. The standard InChI is InChI=1S/C17H20ClN7/c1-11-6-16(20-3)24-17(22-11)23-13-4-5-14(18)15(7-13)25-10-12(8-19-2)9-21-25/h4-7,9-10,19H,8H2,1-3H3,(H2,20,22,23,24). The highest BCUT2D eigenvalue weighted by atomic mass is 35.5. The summed E-state index contributed by atoms with van der Waals surface area (Å²) in [5.74, 6) is 1.28. The van der Waals surface area contributed by atoms with Gasteiger partial charge in [0.25, 0.3) is 0 Å². The van der Waals surface area contributed by atoms with Crippen molar-refractivity contribution in [2.45, 2.75) is 13.5 Å². The molecule has 25 heavy (non-hydrogen) atoms. The molecule has 0 atom stereocenters. The van der Waals surface area contributed by atoms with E-state index in [1.807, 2.05) is 57.7 Å². The van der Waals surface area contributed by atoms with Gasteiger partial charge in [0.1, 0.15) is 5.82 Å². The van der Waals surface area contributed by atoms with Crippen molar-refractivity contribution in [2.24, 2.45) is 0 Å². The molecule has 0 saturated carbocycles. The van der Waals surface area contributed by atoms with Gasteiger partial charge in [0.15, 0.2) is 0 Å². The van der Waals surface area contributed by atoms with E-state index in [0.717, 1.165) is 35.0 Å². The maximum absolute atomic E-state index is 6.35. The summed E-state index contributed by atoms with van der Waals surface area (Å²) >= 11 is 6.35. The first-order chi connectivity index (χ1) is 12.1. The van der Waals surface area contributed by atoms with Crippen LogP contribution in [0.4, 0.5) is 17.5 Å². The van der Waals surface area contributed by atoms with Gasteiger partial charge in [0.2, 0.25) is 5.95 Å². The van der Waals surface area contributed by atoms with Crippen LogP contribution in [-0.2, 0) is 6.54 Å². The lowest BCUT2D eigenvalue weighted by Crippen LogP contribution is -2.04. The maximum atomic E-state index is 6.35. The van der Waals surface area contributed by atoms with Gasteiger partial charge in [0.05, 0.1) is 16.9 Å². The van der Waals surface area contributed by atoms with Crippen molar-refractivity contribution in [1.29, 1.82) is 0 Å². The Morgan fingerprint density at radius 3 is 2.76 bits per heavy atom. The fourth-order valence-electron chi connectivity index (χ4n) is 2.43. The molecule has 130 valence electrons. The summed E-state index contributed by atoms with van der Waals surface area (Å²) in [6, 6.07) is 7.51. The molecule has 0 bridgehead atoms. The number of rotatable bonds is 6. The number of anilines is 3. The molecule has 1 aromatic carbocycles. The van der Waals surface area contributed by atoms with E-state index in [-0.39, 0.29) is 0 Å². The Morgan fingerprint density at radius 2 is 2.00 bits per heavy atom. The zero-order chi connectivity index (χ0) is 17.8. The largest absolute Gasteiger partial charge is 0.373 e. The van der Waals surface area contributed by atoms with Crippen LogP contribution in [0.2, 0.25) is 5.02 Å². The second kappa shape index (κ2) is 7.50. The van der Waals surface area contributed by atoms with Gasteiger partial charge in [-0.3, -0.25) is 0 Å². The van der Waals surface area contributed by atoms with E-state index < -0.39 is 0 Å². The van der Waals surface area contributed by atoms with Gasteiger partial charge >= 0.3 is 0 Å². The molecule has 0 unspecified atom stereocenters. The predicted molar refractivity (Wildman–Crippen MR) is 101 cm³/mol. The van der Waals surface area contributed by atoms with Crippen LogP contribution in [0, 0.1) is 6.92 Å². The molecule has 3 N–H and O–H groups in total. The number of aryl methyl sites for hydroxylation is 1. The van der Waals surface area contributed by atoms with Gasteiger partial charge in [-0.1, -0.05) is 11.6 Å². The van der Waals surface area contributed by atoms with Gasteiger partial charge in [0, 0.05) is 42.8 Å². The third-order valence-electron chi connectivity index (χ3n) is 3.58. The van der Waals surface area contributed by atoms with Crippen LogP contribution in [0.25, 0.3) is 5.69 Å². The molecule has 0 spiro atoms. The molecule has 3 rings (SSSR count). The first-order valence-electron chi connectivity index (χ1n) is 7.87. The van der Waals surface area contributed by atoms with Crippen LogP contribution in [0.15, 0.2) is 36.7 Å². The molecule has 0 radical (unpaired) electrons. The SMILES string of the molecule is CNCc1cnn(-c2cc(Nc3nc(C)cc(NC)n3)ccc2Cl)c1. The van der Waals surface area contributed by atoms with Crippen molar-refractivity contribution < 1.29 is 0 Å². The van der Waals surface area contributed by atoms with Gasteiger partial charge in [-0.2, -0.15) is 10.1 Å². The van der Waals surface area contributed by atoms with E-state index in [9.17, 15) is 0 Å². The molecule has 0 aliphatic heterocycles. The predicted octanol–water partition coefficient (Wildman–Crippen LogP) is 3.13. The van der Waals surface area contributed by atoms with E-state index in [1.54, 1.807) is 4.68 Å². The Hall–Kier alpha value is -2.64. The topological polar surface area (TPSA) is 79.7 Å². The summed E-state index contributed by atoms with van der Waals surface area (Å²) in [4.78, 5) is 8.81. The summed E-state index contributed by atoms with van der Waals surface area (Å²) in [5, 5.41) is 14.3. The van der Waals surface area contributed by atoms with Crippen LogP contribution in [-0.4, -0.2) is 33.8 Å². The Morgan fingerprint density at radius 1 is 1.16 bits per heavy atom. The molecule has 8 heteroatoms. The fourth-order valence-corrected chi connectivity index (χ4v) is 2.64. The van der Waals surface area contributed by atoms with Crippen molar-refractivity contribution in [3.63, 3.8) is 0 Å². The summed E-state index contributed by atoms with van der Waals surface area (Å²) in [7, 11) is 3.72.